The van der Waals surface area contributed by atoms with Gasteiger partial charge in [0.05, 0.1) is 11.3 Å². The molecule has 1 heterocycles. The molecule has 16 heavy (non-hydrogen) atoms. The molecule has 5 heteroatoms. The summed E-state index contributed by atoms with van der Waals surface area (Å²) in [4.78, 5) is 10.4. The zero-order chi connectivity index (χ0) is 11.7. The maximum atomic E-state index is 13.3. The standard InChI is InChI=1S/C11H8F2N2O/c1-15-3-2-11(14-15)7-4-9(12)8(6-16)10(13)5-7/h2-6H,1H3. The van der Waals surface area contributed by atoms with E-state index in [1.165, 1.54) is 4.68 Å². The Labute approximate surface area is 90.3 Å². The Morgan fingerprint density at radius 2 is 1.94 bits per heavy atom. The Hall–Kier alpha value is -2.04. The van der Waals surface area contributed by atoms with E-state index in [-0.39, 0.29) is 6.29 Å². The molecule has 0 aliphatic rings. The van der Waals surface area contributed by atoms with Crippen LogP contribution < -0.4 is 0 Å². The highest BCUT2D eigenvalue weighted by Gasteiger charge is 2.12. The van der Waals surface area contributed by atoms with Crippen molar-refractivity contribution in [3.8, 4) is 11.3 Å². The van der Waals surface area contributed by atoms with Crippen molar-refractivity contribution in [3.63, 3.8) is 0 Å². The van der Waals surface area contributed by atoms with E-state index in [2.05, 4.69) is 5.10 Å². The van der Waals surface area contributed by atoms with E-state index in [9.17, 15) is 13.6 Å². The van der Waals surface area contributed by atoms with Gasteiger partial charge in [-0.3, -0.25) is 9.48 Å². The van der Waals surface area contributed by atoms with Gasteiger partial charge < -0.3 is 0 Å². The molecule has 1 aromatic heterocycles. The first-order valence-electron chi connectivity index (χ1n) is 4.56. The molecule has 0 saturated carbocycles. The van der Waals surface area contributed by atoms with Crippen molar-refractivity contribution >= 4 is 6.29 Å². The molecule has 82 valence electrons. The topological polar surface area (TPSA) is 34.9 Å². The minimum Gasteiger partial charge on any atom is -0.298 e. The van der Waals surface area contributed by atoms with Gasteiger partial charge in [-0.2, -0.15) is 5.10 Å². The van der Waals surface area contributed by atoms with Crippen LogP contribution >= 0.6 is 0 Å². The molecule has 0 radical (unpaired) electrons. The van der Waals surface area contributed by atoms with Gasteiger partial charge in [-0.25, -0.2) is 8.78 Å². The Balaban J connectivity index is 2.56. The molecular formula is C11H8F2N2O. The van der Waals surface area contributed by atoms with E-state index < -0.39 is 17.2 Å². The quantitative estimate of drug-likeness (QED) is 0.730. The molecule has 2 rings (SSSR count). The summed E-state index contributed by atoms with van der Waals surface area (Å²) in [6, 6.07) is 3.82. The Kier molecular flexibility index (Phi) is 2.52. The second-order valence-electron chi connectivity index (χ2n) is 3.35. The summed E-state index contributed by atoms with van der Waals surface area (Å²) in [6.07, 6.45) is 1.83. The summed E-state index contributed by atoms with van der Waals surface area (Å²) < 4.78 is 28.1. The van der Waals surface area contributed by atoms with Crippen molar-refractivity contribution in [2.45, 2.75) is 0 Å². The smallest absolute Gasteiger partial charge is 0.155 e. The molecule has 0 bridgehead atoms. The number of carbonyl (C=O) groups is 1. The fraction of sp³-hybridized carbons (Fsp3) is 0.0909. The lowest BCUT2D eigenvalue weighted by molar-refractivity contribution is 0.111. The summed E-state index contributed by atoms with van der Waals surface area (Å²) in [5.74, 6) is -1.76. The number of hydrogen-bond donors (Lipinski definition) is 0. The fourth-order valence-corrected chi connectivity index (χ4v) is 1.41. The van der Waals surface area contributed by atoms with Crippen molar-refractivity contribution in [1.29, 1.82) is 0 Å². The van der Waals surface area contributed by atoms with Gasteiger partial charge in [-0.15, -0.1) is 0 Å². The maximum Gasteiger partial charge on any atom is 0.155 e. The van der Waals surface area contributed by atoms with Crippen molar-refractivity contribution in [2.24, 2.45) is 7.05 Å². The predicted octanol–water partition coefficient (Wildman–Crippen LogP) is 2.18. The molecular weight excluding hydrogens is 214 g/mol. The number of carbonyl (C=O) groups excluding carboxylic acids is 1. The first-order chi connectivity index (χ1) is 7.61. The van der Waals surface area contributed by atoms with Gasteiger partial charge in [0.1, 0.15) is 11.6 Å². The molecule has 0 spiro atoms. The average molecular weight is 222 g/mol. The first-order valence-corrected chi connectivity index (χ1v) is 4.56. The SMILES string of the molecule is Cn1ccc(-c2cc(F)c(C=O)c(F)c2)n1. The number of rotatable bonds is 2. The molecule has 0 saturated heterocycles. The highest BCUT2D eigenvalue weighted by molar-refractivity contribution is 5.77. The third-order valence-corrected chi connectivity index (χ3v) is 2.21. The van der Waals surface area contributed by atoms with Crippen LogP contribution in [-0.2, 0) is 7.05 Å². The third-order valence-electron chi connectivity index (χ3n) is 2.21. The number of aldehydes is 1. The van der Waals surface area contributed by atoms with Crippen LogP contribution in [0.2, 0.25) is 0 Å². The molecule has 0 aliphatic heterocycles. The van der Waals surface area contributed by atoms with Gasteiger partial charge in [0.15, 0.2) is 6.29 Å². The lowest BCUT2D eigenvalue weighted by Gasteiger charge is -2.01. The minimum absolute atomic E-state index is 0.160. The van der Waals surface area contributed by atoms with Gasteiger partial charge in [0, 0.05) is 18.8 Å². The predicted molar refractivity (Wildman–Crippen MR) is 53.9 cm³/mol. The van der Waals surface area contributed by atoms with Crippen LogP contribution in [0, 0.1) is 11.6 Å². The number of benzene rings is 1. The van der Waals surface area contributed by atoms with Crippen LogP contribution in [0.1, 0.15) is 10.4 Å². The first kappa shape index (κ1) is 10.5. The van der Waals surface area contributed by atoms with Gasteiger partial charge in [-0.1, -0.05) is 0 Å². The summed E-state index contributed by atoms with van der Waals surface area (Å²) in [6.45, 7) is 0. The van der Waals surface area contributed by atoms with Crippen molar-refractivity contribution < 1.29 is 13.6 Å². The number of aromatic nitrogens is 2. The Bertz CT molecular complexity index is 526. The van der Waals surface area contributed by atoms with E-state index in [0.29, 0.717) is 11.3 Å². The molecule has 3 nitrogen and oxygen atoms in total. The molecule has 0 atom stereocenters. The van der Waals surface area contributed by atoms with Crippen LogP contribution in [0.5, 0.6) is 0 Å². The van der Waals surface area contributed by atoms with Gasteiger partial charge in [0.2, 0.25) is 0 Å². The lowest BCUT2D eigenvalue weighted by Crippen LogP contribution is -1.95. The highest BCUT2D eigenvalue weighted by Crippen LogP contribution is 2.22. The lowest BCUT2D eigenvalue weighted by atomic mass is 10.1. The average Bonchev–Trinajstić information content (AvgIpc) is 2.64. The summed E-state index contributed by atoms with van der Waals surface area (Å²) in [5, 5.41) is 4.01. The molecule has 0 amide bonds. The Morgan fingerprint density at radius 3 is 2.38 bits per heavy atom. The van der Waals surface area contributed by atoms with Crippen LogP contribution in [0.25, 0.3) is 11.3 Å². The number of hydrogen-bond acceptors (Lipinski definition) is 2. The molecule has 0 fully saturated rings. The summed E-state index contributed by atoms with van der Waals surface area (Å²) >= 11 is 0. The van der Waals surface area contributed by atoms with E-state index in [0.717, 1.165) is 12.1 Å². The number of halogens is 2. The normalized spacial score (nSPS) is 10.4. The molecule has 0 unspecified atom stereocenters. The molecule has 0 N–H and O–H groups in total. The van der Waals surface area contributed by atoms with Gasteiger partial charge in [0.25, 0.3) is 0 Å². The van der Waals surface area contributed by atoms with E-state index in [4.69, 9.17) is 0 Å². The summed E-state index contributed by atoms with van der Waals surface area (Å²) in [5.41, 5.74) is 0.207. The van der Waals surface area contributed by atoms with Crippen LogP contribution in [0.15, 0.2) is 24.4 Å². The highest BCUT2D eigenvalue weighted by atomic mass is 19.1. The molecule has 1 aromatic carbocycles. The molecule has 2 aromatic rings. The Morgan fingerprint density at radius 1 is 1.31 bits per heavy atom. The van der Waals surface area contributed by atoms with Crippen molar-refractivity contribution in [3.05, 3.63) is 41.6 Å². The zero-order valence-corrected chi connectivity index (χ0v) is 8.45. The van der Waals surface area contributed by atoms with Gasteiger partial charge >= 0.3 is 0 Å². The fourth-order valence-electron chi connectivity index (χ4n) is 1.41. The second-order valence-corrected chi connectivity index (χ2v) is 3.35. The monoisotopic (exact) mass is 222 g/mol. The van der Waals surface area contributed by atoms with Crippen LogP contribution in [0.4, 0.5) is 8.78 Å². The van der Waals surface area contributed by atoms with E-state index in [1.807, 2.05) is 0 Å². The van der Waals surface area contributed by atoms with Crippen LogP contribution in [0.3, 0.4) is 0 Å². The number of nitrogens with zero attached hydrogens (tertiary/aromatic N) is 2. The minimum atomic E-state index is -0.879. The second kappa shape index (κ2) is 3.84. The number of aryl methyl sites for hydroxylation is 1. The van der Waals surface area contributed by atoms with Gasteiger partial charge in [-0.05, 0) is 18.2 Å². The third kappa shape index (κ3) is 1.71. The summed E-state index contributed by atoms with van der Waals surface area (Å²) in [7, 11) is 1.70. The van der Waals surface area contributed by atoms with Crippen molar-refractivity contribution in [1.82, 2.24) is 9.78 Å². The van der Waals surface area contributed by atoms with E-state index in [1.54, 1.807) is 19.3 Å². The van der Waals surface area contributed by atoms with Crippen LogP contribution in [-0.4, -0.2) is 16.1 Å². The zero-order valence-electron chi connectivity index (χ0n) is 8.45. The van der Waals surface area contributed by atoms with E-state index >= 15 is 0 Å². The largest absolute Gasteiger partial charge is 0.298 e. The maximum absolute atomic E-state index is 13.3. The molecule has 0 aliphatic carbocycles. The van der Waals surface area contributed by atoms with Crippen molar-refractivity contribution in [2.75, 3.05) is 0 Å².